The molecule has 0 spiro atoms. The van der Waals surface area contributed by atoms with Crippen molar-refractivity contribution >= 4 is 22.5 Å². The van der Waals surface area contributed by atoms with Gasteiger partial charge in [-0.15, -0.1) is 5.10 Å². The maximum atomic E-state index is 12.7. The Morgan fingerprint density at radius 3 is 2.82 bits per heavy atom. The van der Waals surface area contributed by atoms with E-state index in [0.717, 1.165) is 16.5 Å². The highest BCUT2D eigenvalue weighted by molar-refractivity contribution is 6.05. The molecule has 4 aromatic rings. The lowest BCUT2D eigenvalue weighted by Gasteiger charge is -2.10. The number of aryl methyl sites for hydroxylation is 1. The van der Waals surface area contributed by atoms with Gasteiger partial charge in [-0.05, 0) is 59.7 Å². The van der Waals surface area contributed by atoms with Gasteiger partial charge in [0, 0.05) is 22.2 Å². The van der Waals surface area contributed by atoms with Crippen molar-refractivity contribution in [3.8, 4) is 5.69 Å². The summed E-state index contributed by atoms with van der Waals surface area (Å²) in [5.41, 5.74) is 4.11. The Morgan fingerprint density at radius 1 is 1.21 bits per heavy atom. The highest BCUT2D eigenvalue weighted by Crippen LogP contribution is 2.22. The fourth-order valence-corrected chi connectivity index (χ4v) is 3.28. The van der Waals surface area contributed by atoms with Gasteiger partial charge in [-0.2, -0.15) is 0 Å². The van der Waals surface area contributed by atoms with Crippen LogP contribution in [0, 0.1) is 6.92 Å². The molecule has 0 atom stereocenters. The number of anilines is 1. The summed E-state index contributed by atoms with van der Waals surface area (Å²) in [4.78, 5) is 27.8. The molecule has 2 aromatic carbocycles. The lowest BCUT2D eigenvalue weighted by atomic mass is 10.0. The van der Waals surface area contributed by atoms with Gasteiger partial charge < -0.3 is 10.3 Å². The van der Waals surface area contributed by atoms with E-state index >= 15 is 0 Å². The zero-order chi connectivity index (χ0) is 19.7. The van der Waals surface area contributed by atoms with E-state index in [0.29, 0.717) is 28.9 Å². The summed E-state index contributed by atoms with van der Waals surface area (Å²) in [5, 5.41) is 14.9. The molecule has 0 unspecified atom stereocenters. The van der Waals surface area contributed by atoms with Gasteiger partial charge in [-0.25, -0.2) is 4.68 Å². The van der Waals surface area contributed by atoms with Crippen molar-refractivity contribution in [3.05, 3.63) is 75.8 Å². The number of amides is 1. The summed E-state index contributed by atoms with van der Waals surface area (Å²) >= 11 is 0. The summed E-state index contributed by atoms with van der Waals surface area (Å²) in [7, 11) is 0. The van der Waals surface area contributed by atoms with Gasteiger partial charge in [0.15, 0.2) is 0 Å². The molecule has 2 N–H and O–H groups in total. The molecule has 8 nitrogen and oxygen atoms in total. The van der Waals surface area contributed by atoms with Crippen LogP contribution in [0.2, 0.25) is 0 Å². The molecule has 0 aliphatic carbocycles. The molecule has 0 saturated heterocycles. The number of hydrogen-bond donors (Lipinski definition) is 2. The average molecular weight is 374 g/mol. The zero-order valence-electron chi connectivity index (χ0n) is 15.4. The van der Waals surface area contributed by atoms with Gasteiger partial charge in [0.1, 0.15) is 6.33 Å². The number of nitrogens with zero attached hydrogens (tertiary/aromatic N) is 4. The first-order chi connectivity index (χ1) is 13.6. The van der Waals surface area contributed by atoms with Crippen LogP contribution >= 0.6 is 0 Å². The molecular formula is C20H18N6O2. The van der Waals surface area contributed by atoms with E-state index in [-0.39, 0.29) is 11.5 Å². The number of nitrogens with one attached hydrogen (secondary N) is 2. The van der Waals surface area contributed by atoms with Crippen molar-refractivity contribution in [2.24, 2.45) is 0 Å². The lowest BCUT2D eigenvalue weighted by Crippen LogP contribution is -2.15. The highest BCUT2D eigenvalue weighted by atomic mass is 16.1. The van der Waals surface area contributed by atoms with E-state index in [1.165, 1.54) is 11.0 Å². The number of tetrazole rings is 1. The number of aromatic nitrogens is 5. The molecule has 4 rings (SSSR count). The predicted molar refractivity (Wildman–Crippen MR) is 106 cm³/mol. The molecule has 0 saturated carbocycles. The minimum Gasteiger partial charge on any atom is -0.322 e. The van der Waals surface area contributed by atoms with E-state index in [1.807, 2.05) is 32.0 Å². The number of hydrogen-bond acceptors (Lipinski definition) is 5. The van der Waals surface area contributed by atoms with Crippen LogP contribution in [0.25, 0.3) is 16.6 Å². The van der Waals surface area contributed by atoms with Crippen LogP contribution in [0.3, 0.4) is 0 Å². The molecule has 0 aliphatic heterocycles. The number of carbonyl (C=O) groups is 1. The van der Waals surface area contributed by atoms with Crippen molar-refractivity contribution in [2.75, 3.05) is 5.32 Å². The van der Waals surface area contributed by atoms with Gasteiger partial charge in [-0.1, -0.05) is 19.1 Å². The topological polar surface area (TPSA) is 106 Å². The van der Waals surface area contributed by atoms with Gasteiger partial charge in [0.25, 0.3) is 11.5 Å². The first-order valence-electron chi connectivity index (χ1n) is 8.87. The van der Waals surface area contributed by atoms with Crippen LogP contribution in [0.1, 0.15) is 28.4 Å². The van der Waals surface area contributed by atoms with Crippen molar-refractivity contribution in [1.29, 1.82) is 0 Å². The molecule has 2 heterocycles. The standard InChI is InChI=1S/C20H18N6O2/c1-3-16-12(2)17-8-7-14(10-18(17)23-20(16)28)22-19(27)13-5-4-6-15(9-13)26-11-21-24-25-26/h4-11H,3H2,1-2H3,(H,22,27)(H,23,28). The van der Waals surface area contributed by atoms with Crippen molar-refractivity contribution in [3.63, 3.8) is 0 Å². The van der Waals surface area contributed by atoms with Gasteiger partial charge in [-0.3, -0.25) is 9.59 Å². The second-order valence-corrected chi connectivity index (χ2v) is 6.43. The number of aromatic amines is 1. The summed E-state index contributed by atoms with van der Waals surface area (Å²) in [5.74, 6) is -0.265. The molecule has 0 bridgehead atoms. The van der Waals surface area contributed by atoms with E-state index in [2.05, 4.69) is 25.8 Å². The smallest absolute Gasteiger partial charge is 0.255 e. The maximum absolute atomic E-state index is 12.7. The molecule has 1 amide bonds. The van der Waals surface area contributed by atoms with Gasteiger partial charge in [0.2, 0.25) is 0 Å². The Balaban J connectivity index is 1.64. The first-order valence-corrected chi connectivity index (χ1v) is 8.87. The normalized spacial score (nSPS) is 10.9. The average Bonchev–Trinajstić information content (AvgIpc) is 3.23. The quantitative estimate of drug-likeness (QED) is 0.571. The molecular weight excluding hydrogens is 356 g/mol. The molecule has 140 valence electrons. The number of pyridine rings is 1. The van der Waals surface area contributed by atoms with E-state index < -0.39 is 0 Å². The summed E-state index contributed by atoms with van der Waals surface area (Å²) in [6.07, 6.45) is 2.14. The van der Waals surface area contributed by atoms with Crippen LogP contribution in [-0.2, 0) is 6.42 Å². The van der Waals surface area contributed by atoms with Gasteiger partial charge in [0.05, 0.1) is 11.2 Å². The third-order valence-corrected chi connectivity index (χ3v) is 4.73. The van der Waals surface area contributed by atoms with E-state index in [1.54, 1.807) is 24.3 Å². The third-order valence-electron chi connectivity index (χ3n) is 4.73. The predicted octanol–water partition coefficient (Wildman–Crippen LogP) is 2.63. The largest absolute Gasteiger partial charge is 0.322 e. The van der Waals surface area contributed by atoms with Crippen LogP contribution in [0.5, 0.6) is 0 Å². The summed E-state index contributed by atoms with van der Waals surface area (Å²) in [6.45, 7) is 3.90. The Kier molecular flexibility index (Phi) is 4.44. The van der Waals surface area contributed by atoms with Crippen molar-refractivity contribution in [2.45, 2.75) is 20.3 Å². The fourth-order valence-electron chi connectivity index (χ4n) is 3.28. The Bertz CT molecular complexity index is 1230. The fraction of sp³-hybridized carbons (Fsp3) is 0.150. The second-order valence-electron chi connectivity index (χ2n) is 6.43. The summed E-state index contributed by atoms with van der Waals surface area (Å²) < 4.78 is 1.48. The number of carbonyl (C=O) groups excluding carboxylic acids is 1. The second kappa shape index (κ2) is 7.07. The zero-order valence-corrected chi connectivity index (χ0v) is 15.4. The number of H-pyrrole nitrogens is 1. The molecule has 0 fully saturated rings. The SMILES string of the molecule is CCc1c(C)c2ccc(NC(=O)c3cccc(-n4cnnn4)c3)cc2[nH]c1=O. The van der Waals surface area contributed by atoms with Crippen molar-refractivity contribution in [1.82, 2.24) is 25.2 Å². The molecule has 8 heteroatoms. The van der Waals surface area contributed by atoms with Crippen LogP contribution in [0.4, 0.5) is 5.69 Å². The van der Waals surface area contributed by atoms with Crippen LogP contribution in [-0.4, -0.2) is 31.1 Å². The molecule has 2 aromatic heterocycles. The van der Waals surface area contributed by atoms with E-state index in [9.17, 15) is 9.59 Å². The monoisotopic (exact) mass is 374 g/mol. The number of rotatable bonds is 4. The Hall–Kier alpha value is -3.81. The highest BCUT2D eigenvalue weighted by Gasteiger charge is 2.11. The molecule has 0 radical (unpaired) electrons. The lowest BCUT2D eigenvalue weighted by molar-refractivity contribution is 0.102. The van der Waals surface area contributed by atoms with Gasteiger partial charge >= 0.3 is 0 Å². The first kappa shape index (κ1) is 17.6. The van der Waals surface area contributed by atoms with Crippen LogP contribution in [0.15, 0.2) is 53.6 Å². The number of fused-ring (bicyclic) bond motifs is 1. The Morgan fingerprint density at radius 2 is 2.07 bits per heavy atom. The minimum absolute atomic E-state index is 0.0925. The summed E-state index contributed by atoms with van der Waals surface area (Å²) in [6, 6.07) is 12.5. The Labute approximate surface area is 160 Å². The minimum atomic E-state index is -0.265. The van der Waals surface area contributed by atoms with Crippen molar-refractivity contribution < 1.29 is 4.79 Å². The van der Waals surface area contributed by atoms with Crippen LogP contribution < -0.4 is 10.9 Å². The maximum Gasteiger partial charge on any atom is 0.255 e. The third kappa shape index (κ3) is 3.16. The molecule has 28 heavy (non-hydrogen) atoms. The van der Waals surface area contributed by atoms with E-state index in [4.69, 9.17) is 0 Å². The number of benzene rings is 2. The molecule has 0 aliphatic rings.